The van der Waals surface area contributed by atoms with Crippen molar-refractivity contribution >= 4 is 27.4 Å². The van der Waals surface area contributed by atoms with Gasteiger partial charge in [-0.15, -0.1) is 0 Å². The molecule has 2 fully saturated rings. The molecule has 1 aliphatic carbocycles. The van der Waals surface area contributed by atoms with Crippen molar-refractivity contribution in [1.82, 2.24) is 5.32 Å². The number of amides is 2. The molecule has 1 aromatic carbocycles. The van der Waals surface area contributed by atoms with Crippen molar-refractivity contribution in [3.63, 3.8) is 0 Å². The van der Waals surface area contributed by atoms with E-state index in [1.54, 1.807) is 18.2 Å². The fourth-order valence-corrected chi connectivity index (χ4v) is 4.24. The minimum absolute atomic E-state index is 0.135. The van der Waals surface area contributed by atoms with Crippen molar-refractivity contribution in [2.24, 2.45) is 0 Å². The number of sulfonamides is 1. The Morgan fingerprint density at radius 3 is 2.74 bits per heavy atom. The molecular formula is C15H21N3O4S. The van der Waals surface area contributed by atoms with Crippen molar-refractivity contribution in [1.29, 1.82) is 0 Å². The van der Waals surface area contributed by atoms with Crippen LogP contribution < -0.4 is 19.7 Å². The van der Waals surface area contributed by atoms with Crippen LogP contribution in [-0.2, 0) is 10.0 Å². The molecule has 2 aliphatic rings. The van der Waals surface area contributed by atoms with Crippen LogP contribution in [0, 0.1) is 0 Å². The van der Waals surface area contributed by atoms with Crippen molar-refractivity contribution in [2.45, 2.75) is 31.7 Å². The number of hydrogen-bond donors (Lipinski definition) is 2. The Morgan fingerprint density at radius 1 is 1.30 bits per heavy atom. The fraction of sp³-hybridized carbons (Fsp3) is 0.533. The van der Waals surface area contributed by atoms with E-state index in [0.29, 0.717) is 30.1 Å². The average Bonchev–Trinajstić information content (AvgIpc) is 3.30. The Balaban J connectivity index is 1.85. The lowest BCUT2D eigenvalue weighted by Crippen LogP contribution is -2.38. The predicted octanol–water partition coefficient (Wildman–Crippen LogP) is 1.91. The summed E-state index contributed by atoms with van der Waals surface area (Å²) in [6.45, 7) is 0.427. The van der Waals surface area contributed by atoms with E-state index < -0.39 is 10.0 Å². The molecule has 2 N–H and O–H groups in total. The largest absolute Gasteiger partial charge is 0.495 e. The number of carbonyl (C=O) groups excluding carboxylic acids is 1. The zero-order chi connectivity index (χ0) is 16.4. The van der Waals surface area contributed by atoms with E-state index in [1.807, 2.05) is 0 Å². The minimum Gasteiger partial charge on any atom is -0.495 e. The first-order valence-corrected chi connectivity index (χ1v) is 9.36. The van der Waals surface area contributed by atoms with E-state index >= 15 is 0 Å². The first kappa shape index (κ1) is 15.9. The SMILES string of the molecule is COc1ccc(NC(=O)NC2CC2)cc1N1CCCCS1(=O)=O. The molecule has 1 saturated heterocycles. The molecule has 8 heteroatoms. The first-order chi connectivity index (χ1) is 11.0. The van der Waals surface area contributed by atoms with Gasteiger partial charge in [0.2, 0.25) is 10.0 Å². The normalized spacial score (nSPS) is 20.0. The maximum Gasteiger partial charge on any atom is 0.319 e. The summed E-state index contributed by atoms with van der Waals surface area (Å²) in [6, 6.07) is 5.01. The fourth-order valence-electron chi connectivity index (χ4n) is 2.60. The Bertz CT molecular complexity index is 701. The number of benzene rings is 1. The van der Waals surface area contributed by atoms with E-state index in [2.05, 4.69) is 10.6 Å². The molecule has 0 bridgehead atoms. The third-order valence-electron chi connectivity index (χ3n) is 3.97. The summed E-state index contributed by atoms with van der Waals surface area (Å²) in [5.74, 6) is 0.610. The van der Waals surface area contributed by atoms with Gasteiger partial charge in [-0.25, -0.2) is 13.2 Å². The number of nitrogens with one attached hydrogen (secondary N) is 2. The van der Waals surface area contributed by atoms with Gasteiger partial charge in [0.15, 0.2) is 0 Å². The van der Waals surface area contributed by atoms with Crippen LogP contribution in [0.1, 0.15) is 25.7 Å². The van der Waals surface area contributed by atoms with Gasteiger partial charge in [-0.1, -0.05) is 0 Å². The Hall–Kier alpha value is -1.96. The van der Waals surface area contributed by atoms with Gasteiger partial charge >= 0.3 is 6.03 Å². The zero-order valence-electron chi connectivity index (χ0n) is 13.0. The summed E-state index contributed by atoms with van der Waals surface area (Å²) in [4.78, 5) is 11.8. The number of urea groups is 1. The topological polar surface area (TPSA) is 87.7 Å². The Morgan fingerprint density at radius 2 is 2.09 bits per heavy atom. The highest BCUT2D eigenvalue weighted by Crippen LogP contribution is 2.35. The zero-order valence-corrected chi connectivity index (χ0v) is 13.9. The molecule has 0 radical (unpaired) electrons. The van der Waals surface area contributed by atoms with Crippen LogP contribution in [0.4, 0.5) is 16.2 Å². The van der Waals surface area contributed by atoms with Gasteiger partial charge in [-0.3, -0.25) is 4.31 Å². The third kappa shape index (κ3) is 3.69. The van der Waals surface area contributed by atoms with E-state index in [4.69, 9.17) is 4.74 Å². The van der Waals surface area contributed by atoms with Gasteiger partial charge in [0.25, 0.3) is 0 Å². The smallest absolute Gasteiger partial charge is 0.319 e. The summed E-state index contributed by atoms with van der Waals surface area (Å²) in [6.07, 6.45) is 3.49. The number of ether oxygens (including phenoxy) is 1. The van der Waals surface area contributed by atoms with Gasteiger partial charge in [-0.2, -0.15) is 0 Å². The summed E-state index contributed by atoms with van der Waals surface area (Å²) >= 11 is 0. The van der Waals surface area contributed by atoms with Gasteiger partial charge in [0.1, 0.15) is 5.75 Å². The molecule has 23 heavy (non-hydrogen) atoms. The molecule has 1 saturated carbocycles. The summed E-state index contributed by atoms with van der Waals surface area (Å²) in [5, 5.41) is 5.58. The molecule has 1 heterocycles. The van der Waals surface area contributed by atoms with E-state index in [9.17, 15) is 13.2 Å². The van der Waals surface area contributed by atoms with Crippen molar-refractivity contribution < 1.29 is 17.9 Å². The van der Waals surface area contributed by atoms with Crippen molar-refractivity contribution in [3.8, 4) is 5.75 Å². The number of hydrogen-bond acceptors (Lipinski definition) is 4. The minimum atomic E-state index is -3.34. The number of carbonyl (C=O) groups is 1. The van der Waals surface area contributed by atoms with Crippen molar-refractivity contribution in [3.05, 3.63) is 18.2 Å². The second-order valence-electron chi connectivity index (χ2n) is 5.85. The lowest BCUT2D eigenvalue weighted by molar-refractivity contribution is 0.251. The molecule has 1 aliphatic heterocycles. The van der Waals surface area contributed by atoms with Gasteiger partial charge in [0.05, 0.1) is 18.6 Å². The van der Waals surface area contributed by atoms with Crippen LogP contribution in [0.25, 0.3) is 0 Å². The molecule has 126 valence electrons. The third-order valence-corrected chi connectivity index (χ3v) is 5.82. The van der Waals surface area contributed by atoms with Crippen LogP contribution in [-0.4, -0.2) is 39.9 Å². The maximum absolute atomic E-state index is 12.3. The van der Waals surface area contributed by atoms with Gasteiger partial charge in [-0.05, 0) is 43.9 Å². The van der Waals surface area contributed by atoms with E-state index in [1.165, 1.54) is 11.4 Å². The summed E-state index contributed by atoms with van der Waals surface area (Å²) < 4.78 is 31.3. The summed E-state index contributed by atoms with van der Waals surface area (Å²) in [7, 11) is -1.84. The average molecular weight is 339 g/mol. The highest BCUT2D eigenvalue weighted by atomic mass is 32.2. The molecule has 3 rings (SSSR count). The quantitative estimate of drug-likeness (QED) is 0.877. The van der Waals surface area contributed by atoms with Crippen LogP contribution >= 0.6 is 0 Å². The number of rotatable bonds is 4. The number of nitrogens with zero attached hydrogens (tertiary/aromatic N) is 1. The highest BCUT2D eigenvalue weighted by molar-refractivity contribution is 7.92. The predicted molar refractivity (Wildman–Crippen MR) is 88.5 cm³/mol. The monoisotopic (exact) mass is 339 g/mol. The lowest BCUT2D eigenvalue weighted by Gasteiger charge is -2.29. The molecule has 7 nitrogen and oxygen atoms in total. The standard InChI is InChI=1S/C15H21N3O4S/c1-22-14-7-6-12(17-15(19)16-11-4-5-11)10-13(14)18-8-2-3-9-23(18,20)21/h6-7,10-11H,2-5,8-9H2,1H3,(H2,16,17,19). The molecular weight excluding hydrogens is 318 g/mol. The van der Waals surface area contributed by atoms with Gasteiger partial charge < -0.3 is 15.4 Å². The number of methoxy groups -OCH3 is 1. The van der Waals surface area contributed by atoms with Gasteiger partial charge in [0, 0.05) is 18.3 Å². The molecule has 0 spiro atoms. The maximum atomic E-state index is 12.3. The van der Waals surface area contributed by atoms with Crippen LogP contribution in [0.5, 0.6) is 5.75 Å². The molecule has 0 atom stereocenters. The van der Waals surface area contributed by atoms with E-state index in [-0.39, 0.29) is 17.8 Å². The lowest BCUT2D eigenvalue weighted by atomic mass is 10.2. The molecule has 0 aromatic heterocycles. The number of anilines is 2. The Kier molecular flexibility index (Phi) is 4.34. The van der Waals surface area contributed by atoms with Crippen LogP contribution in [0.3, 0.4) is 0 Å². The first-order valence-electron chi connectivity index (χ1n) is 7.75. The van der Waals surface area contributed by atoms with E-state index in [0.717, 1.165) is 19.3 Å². The summed E-state index contributed by atoms with van der Waals surface area (Å²) in [5.41, 5.74) is 1.01. The highest BCUT2D eigenvalue weighted by Gasteiger charge is 2.29. The molecule has 2 amide bonds. The second kappa shape index (κ2) is 6.27. The molecule has 0 unspecified atom stereocenters. The molecule has 1 aromatic rings. The van der Waals surface area contributed by atoms with Crippen LogP contribution in [0.15, 0.2) is 18.2 Å². The second-order valence-corrected chi connectivity index (χ2v) is 7.87. The van der Waals surface area contributed by atoms with Crippen molar-refractivity contribution in [2.75, 3.05) is 29.0 Å². The van der Waals surface area contributed by atoms with Crippen LogP contribution in [0.2, 0.25) is 0 Å². The Labute approximate surface area is 136 Å².